The molecule has 25 heavy (non-hydrogen) atoms. The van der Waals surface area contributed by atoms with Crippen LogP contribution >= 0.6 is 34.9 Å². The number of hydrogen-bond acceptors (Lipinski definition) is 6. The number of rotatable bonds is 8. The molecule has 1 aromatic carbocycles. The summed E-state index contributed by atoms with van der Waals surface area (Å²) in [5.41, 5.74) is 2.07. The Balaban J connectivity index is 1.99. The summed E-state index contributed by atoms with van der Waals surface area (Å²) >= 11 is 4.54. The lowest BCUT2D eigenvalue weighted by Crippen LogP contribution is -2.29. The van der Waals surface area contributed by atoms with Crippen molar-refractivity contribution < 1.29 is 4.79 Å². The van der Waals surface area contributed by atoms with Gasteiger partial charge in [0.1, 0.15) is 0 Å². The Bertz CT molecular complexity index is 738. The Morgan fingerprint density at radius 1 is 1.36 bits per heavy atom. The average molecular weight is 392 g/mol. The van der Waals surface area contributed by atoms with E-state index < -0.39 is 0 Å². The van der Waals surface area contributed by atoms with Gasteiger partial charge in [-0.1, -0.05) is 67.3 Å². The van der Waals surface area contributed by atoms with Gasteiger partial charge in [-0.3, -0.25) is 4.79 Å². The van der Waals surface area contributed by atoms with Crippen molar-refractivity contribution in [3.63, 3.8) is 0 Å². The van der Waals surface area contributed by atoms with Gasteiger partial charge in [0.2, 0.25) is 5.91 Å². The fraction of sp³-hybridized carbons (Fsp3) is 0.389. The number of hydrogen-bond donors (Lipinski definition) is 1. The Morgan fingerprint density at radius 3 is 2.72 bits per heavy atom. The summed E-state index contributed by atoms with van der Waals surface area (Å²) in [6.07, 6.45) is 0. The predicted molar refractivity (Wildman–Crippen MR) is 108 cm³/mol. The molecule has 0 bridgehead atoms. The molecule has 4 nitrogen and oxygen atoms in total. The maximum Gasteiger partial charge on any atom is 0.239 e. The number of aromatic nitrogens is 1. The fourth-order valence-electron chi connectivity index (χ4n) is 2.18. The van der Waals surface area contributed by atoms with Crippen LogP contribution in [0.3, 0.4) is 0 Å². The van der Waals surface area contributed by atoms with Gasteiger partial charge in [0.15, 0.2) is 5.13 Å². The van der Waals surface area contributed by atoms with Crippen molar-refractivity contribution in [2.75, 3.05) is 11.1 Å². The van der Waals surface area contributed by atoms with E-state index in [1.54, 1.807) is 11.8 Å². The van der Waals surface area contributed by atoms with Crippen LogP contribution in [0.1, 0.15) is 25.1 Å². The maximum absolute atomic E-state index is 12.7. The Hall–Kier alpha value is -1.49. The summed E-state index contributed by atoms with van der Waals surface area (Å²) in [4.78, 5) is 17.1. The maximum atomic E-state index is 12.7. The predicted octanol–water partition coefficient (Wildman–Crippen LogP) is 4.96. The summed E-state index contributed by atoms with van der Waals surface area (Å²) in [6, 6.07) is 12.3. The van der Waals surface area contributed by atoms with E-state index >= 15 is 0 Å². The number of nitriles is 1. The van der Waals surface area contributed by atoms with Gasteiger partial charge in [0.05, 0.1) is 27.0 Å². The van der Waals surface area contributed by atoms with Gasteiger partial charge >= 0.3 is 0 Å². The number of aryl methyl sites for hydroxylation is 1. The first-order valence-electron chi connectivity index (χ1n) is 7.94. The van der Waals surface area contributed by atoms with Crippen LogP contribution in [0.5, 0.6) is 0 Å². The van der Waals surface area contributed by atoms with Crippen molar-refractivity contribution in [1.82, 2.24) is 4.98 Å². The molecule has 0 aliphatic carbocycles. The zero-order valence-electron chi connectivity index (χ0n) is 14.5. The fourth-order valence-corrected chi connectivity index (χ4v) is 5.14. The number of carbonyl (C=O) groups is 1. The Morgan fingerprint density at radius 2 is 2.08 bits per heavy atom. The largest absolute Gasteiger partial charge is 0.301 e. The van der Waals surface area contributed by atoms with Crippen molar-refractivity contribution in [3.05, 3.63) is 41.6 Å². The van der Waals surface area contributed by atoms with Gasteiger partial charge in [-0.25, -0.2) is 4.98 Å². The second-order valence-electron chi connectivity index (χ2n) is 5.79. The first kappa shape index (κ1) is 19.8. The van der Waals surface area contributed by atoms with E-state index in [0.717, 1.165) is 15.7 Å². The summed E-state index contributed by atoms with van der Waals surface area (Å²) in [6.45, 7) is 6.02. The van der Waals surface area contributed by atoms with Crippen LogP contribution in [0, 0.1) is 24.2 Å². The molecule has 2 rings (SSSR count). The van der Waals surface area contributed by atoms with Crippen LogP contribution in [0.25, 0.3) is 0 Å². The van der Waals surface area contributed by atoms with Gasteiger partial charge in [-0.05, 0) is 18.4 Å². The molecule has 1 atom stereocenters. The normalized spacial score (nSPS) is 12.0. The van der Waals surface area contributed by atoms with Gasteiger partial charge < -0.3 is 5.32 Å². The molecule has 0 aliphatic heterocycles. The van der Waals surface area contributed by atoms with Gasteiger partial charge in [0, 0.05) is 5.75 Å². The van der Waals surface area contributed by atoms with E-state index in [0.29, 0.717) is 10.9 Å². The molecule has 1 N–H and O–H groups in total. The minimum Gasteiger partial charge on any atom is -0.301 e. The SMILES string of the molecule is Cc1nc(NC(=O)C(SCc2ccccc2)C(C)C)sc1SCC#N. The Labute approximate surface area is 161 Å². The molecule has 0 radical (unpaired) electrons. The summed E-state index contributed by atoms with van der Waals surface area (Å²) in [7, 11) is 0. The first-order valence-corrected chi connectivity index (χ1v) is 10.8. The second kappa shape index (κ2) is 9.85. The highest BCUT2D eigenvalue weighted by atomic mass is 32.2. The van der Waals surface area contributed by atoms with Crippen LogP contribution in [0.4, 0.5) is 5.13 Å². The number of nitrogens with zero attached hydrogens (tertiary/aromatic N) is 2. The lowest BCUT2D eigenvalue weighted by molar-refractivity contribution is -0.116. The molecular weight excluding hydrogens is 370 g/mol. The minimum atomic E-state index is -0.139. The van der Waals surface area contributed by atoms with Crippen molar-refractivity contribution in [2.24, 2.45) is 5.92 Å². The summed E-state index contributed by atoms with van der Waals surface area (Å²) in [5, 5.41) is 12.1. The molecule has 1 heterocycles. The smallest absolute Gasteiger partial charge is 0.239 e. The van der Waals surface area contributed by atoms with E-state index in [-0.39, 0.29) is 17.1 Å². The zero-order valence-corrected chi connectivity index (χ0v) is 16.9. The van der Waals surface area contributed by atoms with Crippen LogP contribution in [-0.4, -0.2) is 21.9 Å². The second-order valence-corrected chi connectivity index (χ2v) is 9.16. The van der Waals surface area contributed by atoms with E-state index in [1.165, 1.54) is 28.7 Å². The van der Waals surface area contributed by atoms with Crippen molar-refractivity contribution in [3.8, 4) is 6.07 Å². The zero-order chi connectivity index (χ0) is 18.2. The summed E-state index contributed by atoms with van der Waals surface area (Å²) in [5.74, 6) is 1.40. The minimum absolute atomic E-state index is 0.0125. The number of nitrogens with one attached hydrogen (secondary N) is 1. The van der Waals surface area contributed by atoms with E-state index in [2.05, 4.69) is 42.4 Å². The lowest BCUT2D eigenvalue weighted by Gasteiger charge is -2.19. The quantitative estimate of drug-likeness (QED) is 0.644. The van der Waals surface area contributed by atoms with Gasteiger partial charge in [0.25, 0.3) is 0 Å². The number of amides is 1. The van der Waals surface area contributed by atoms with Crippen molar-refractivity contribution in [2.45, 2.75) is 36.0 Å². The van der Waals surface area contributed by atoms with Crippen LogP contribution < -0.4 is 5.32 Å². The molecule has 132 valence electrons. The van der Waals surface area contributed by atoms with E-state index in [4.69, 9.17) is 5.26 Å². The van der Waals surface area contributed by atoms with Gasteiger partial charge in [-0.15, -0.1) is 11.8 Å². The molecule has 0 saturated heterocycles. The number of thiazole rings is 1. The molecule has 1 amide bonds. The number of thioether (sulfide) groups is 2. The van der Waals surface area contributed by atoms with Crippen LogP contribution in [0.15, 0.2) is 34.5 Å². The standard InChI is InChI=1S/C18H21N3OS3/c1-12(2)15(24-11-14-7-5-4-6-8-14)16(22)21-18-20-13(3)17(25-18)23-10-9-19/h4-8,12,15H,10-11H2,1-3H3,(H,20,21,22). The molecular formula is C18H21N3OS3. The highest BCUT2D eigenvalue weighted by Crippen LogP contribution is 2.33. The first-order chi connectivity index (χ1) is 12.0. The highest BCUT2D eigenvalue weighted by Gasteiger charge is 2.24. The van der Waals surface area contributed by atoms with E-state index in [1.807, 2.05) is 25.1 Å². The third-order valence-corrected chi connectivity index (χ3v) is 7.31. The number of carbonyl (C=O) groups excluding carboxylic acids is 1. The highest BCUT2D eigenvalue weighted by molar-refractivity contribution is 8.01. The number of anilines is 1. The molecule has 1 aromatic heterocycles. The molecule has 2 aromatic rings. The number of benzene rings is 1. The third-order valence-electron chi connectivity index (χ3n) is 3.39. The van der Waals surface area contributed by atoms with Gasteiger partial charge in [-0.2, -0.15) is 5.26 Å². The molecule has 0 saturated carbocycles. The summed E-state index contributed by atoms with van der Waals surface area (Å²) < 4.78 is 0.981. The molecule has 0 spiro atoms. The van der Waals surface area contributed by atoms with Crippen LogP contribution in [0.2, 0.25) is 0 Å². The van der Waals surface area contributed by atoms with Crippen LogP contribution in [-0.2, 0) is 10.5 Å². The Kier molecular flexibility index (Phi) is 7.82. The van der Waals surface area contributed by atoms with Crippen molar-refractivity contribution in [1.29, 1.82) is 5.26 Å². The lowest BCUT2D eigenvalue weighted by atomic mass is 10.1. The molecule has 7 heteroatoms. The third kappa shape index (κ3) is 6.07. The monoisotopic (exact) mass is 391 g/mol. The topological polar surface area (TPSA) is 65.8 Å². The van der Waals surface area contributed by atoms with Crippen molar-refractivity contribution >= 4 is 45.9 Å². The average Bonchev–Trinajstić information content (AvgIpc) is 2.93. The van der Waals surface area contributed by atoms with E-state index in [9.17, 15) is 4.79 Å². The molecule has 0 aliphatic rings. The molecule has 0 fully saturated rings. The molecule has 1 unspecified atom stereocenters.